The Kier molecular flexibility index (Phi) is 7.67. The van der Waals surface area contributed by atoms with E-state index in [1.807, 2.05) is 42.5 Å². The van der Waals surface area contributed by atoms with E-state index in [9.17, 15) is 4.79 Å². The molecule has 3 N–H and O–H groups in total. The molecular weight excluding hydrogens is 332 g/mol. The largest absolute Gasteiger partial charge is 0.496 e. The molecule has 1 amide bonds. The summed E-state index contributed by atoms with van der Waals surface area (Å²) in [6.07, 6.45) is 1.13. The summed E-state index contributed by atoms with van der Waals surface area (Å²) >= 11 is 1.75. The number of carbonyl (C=O) groups excluding carboxylic acids is 1. The van der Waals surface area contributed by atoms with Crippen LogP contribution in [0, 0.1) is 5.92 Å². The number of carbonyl (C=O) groups is 1. The predicted molar refractivity (Wildman–Crippen MR) is 105 cm³/mol. The Morgan fingerprint density at radius 3 is 2.68 bits per heavy atom. The summed E-state index contributed by atoms with van der Waals surface area (Å²) in [7, 11) is 1.68. The fraction of sp³-hybridized carbons (Fsp3) is 0.350. The number of nitrogens with one attached hydrogen (secondary N) is 1. The van der Waals surface area contributed by atoms with Gasteiger partial charge in [0, 0.05) is 29.3 Å². The lowest BCUT2D eigenvalue weighted by atomic mass is 10.1. The van der Waals surface area contributed by atoms with Gasteiger partial charge in [0.25, 0.3) is 0 Å². The quantitative estimate of drug-likeness (QED) is 0.529. The third-order valence-corrected chi connectivity index (χ3v) is 5.30. The van der Waals surface area contributed by atoms with Gasteiger partial charge >= 0.3 is 0 Å². The Balaban J connectivity index is 1.69. The number of amides is 1. The second-order valence-corrected chi connectivity index (χ2v) is 7.13. The van der Waals surface area contributed by atoms with Gasteiger partial charge in [-0.1, -0.05) is 37.3 Å². The molecule has 25 heavy (non-hydrogen) atoms. The summed E-state index contributed by atoms with van der Waals surface area (Å²) in [5.74, 6) is 2.26. The molecule has 2 aromatic rings. The monoisotopic (exact) mass is 358 g/mol. The molecule has 0 aliphatic heterocycles. The summed E-state index contributed by atoms with van der Waals surface area (Å²) < 4.78 is 5.36. The zero-order valence-corrected chi connectivity index (χ0v) is 15.6. The molecule has 0 saturated carbocycles. The van der Waals surface area contributed by atoms with Crippen LogP contribution in [0.2, 0.25) is 0 Å². The molecule has 134 valence electrons. The number of para-hydroxylation sites is 2. The van der Waals surface area contributed by atoms with Gasteiger partial charge in [-0.25, -0.2) is 0 Å². The molecule has 0 aliphatic rings. The topological polar surface area (TPSA) is 64.3 Å². The standard InChI is InChI=1S/C20H26N2O2S/c1-15(14-25-19-10-6-5-9-18(19)24-2)13-22-20(23)12-11-16-7-3-4-8-17(16)21/h3-10,15H,11-14,21H2,1-2H3,(H,22,23). The lowest BCUT2D eigenvalue weighted by molar-refractivity contribution is -0.121. The van der Waals surface area contributed by atoms with Crippen LogP contribution >= 0.6 is 11.8 Å². The van der Waals surface area contributed by atoms with Gasteiger partial charge in [-0.2, -0.15) is 0 Å². The summed E-state index contributed by atoms with van der Waals surface area (Å²) in [6.45, 7) is 2.81. The van der Waals surface area contributed by atoms with E-state index in [-0.39, 0.29) is 5.91 Å². The summed E-state index contributed by atoms with van der Waals surface area (Å²) in [5.41, 5.74) is 7.68. The van der Waals surface area contributed by atoms with E-state index in [1.165, 1.54) is 0 Å². The van der Waals surface area contributed by atoms with E-state index in [0.717, 1.165) is 27.6 Å². The fourth-order valence-corrected chi connectivity index (χ4v) is 3.47. The molecule has 1 atom stereocenters. The molecule has 0 aromatic heterocycles. The number of anilines is 1. The second-order valence-electron chi connectivity index (χ2n) is 6.07. The highest BCUT2D eigenvalue weighted by molar-refractivity contribution is 7.99. The van der Waals surface area contributed by atoms with Crippen molar-refractivity contribution in [3.05, 3.63) is 54.1 Å². The van der Waals surface area contributed by atoms with E-state index in [4.69, 9.17) is 10.5 Å². The lowest BCUT2D eigenvalue weighted by Crippen LogP contribution is -2.29. The average molecular weight is 359 g/mol. The third kappa shape index (κ3) is 6.35. The summed E-state index contributed by atoms with van der Waals surface area (Å²) in [4.78, 5) is 13.2. The molecule has 1 unspecified atom stereocenters. The van der Waals surface area contributed by atoms with Gasteiger partial charge in [0.2, 0.25) is 5.91 Å². The number of nitrogens with two attached hydrogens (primary N) is 1. The molecule has 0 bridgehead atoms. The van der Waals surface area contributed by atoms with Crippen molar-refractivity contribution in [2.45, 2.75) is 24.7 Å². The molecule has 0 heterocycles. The van der Waals surface area contributed by atoms with Crippen LogP contribution in [0.15, 0.2) is 53.4 Å². The van der Waals surface area contributed by atoms with E-state index in [0.29, 0.717) is 25.3 Å². The molecule has 0 fully saturated rings. The number of rotatable bonds is 9. The fourth-order valence-electron chi connectivity index (χ4n) is 2.42. The minimum Gasteiger partial charge on any atom is -0.496 e. The van der Waals surface area contributed by atoms with Gasteiger partial charge in [-0.15, -0.1) is 11.8 Å². The number of ether oxygens (including phenoxy) is 1. The number of benzene rings is 2. The predicted octanol–water partition coefficient (Wildman–Crippen LogP) is 3.75. The zero-order valence-electron chi connectivity index (χ0n) is 14.8. The van der Waals surface area contributed by atoms with E-state index in [1.54, 1.807) is 18.9 Å². The Hall–Kier alpha value is -2.14. The van der Waals surface area contributed by atoms with Crippen molar-refractivity contribution in [1.82, 2.24) is 5.32 Å². The summed E-state index contributed by atoms with van der Waals surface area (Å²) in [5, 5.41) is 3.01. The molecule has 2 aromatic carbocycles. The van der Waals surface area contributed by atoms with Crippen molar-refractivity contribution in [2.24, 2.45) is 5.92 Å². The maximum atomic E-state index is 12.0. The third-order valence-electron chi connectivity index (χ3n) is 3.92. The summed E-state index contributed by atoms with van der Waals surface area (Å²) in [6, 6.07) is 15.7. The highest BCUT2D eigenvalue weighted by Crippen LogP contribution is 2.29. The van der Waals surface area contributed by atoms with Crippen LogP contribution in [0.5, 0.6) is 5.75 Å². The Morgan fingerprint density at radius 2 is 1.92 bits per heavy atom. The Morgan fingerprint density at radius 1 is 1.20 bits per heavy atom. The number of thioether (sulfide) groups is 1. The normalized spacial score (nSPS) is 11.8. The van der Waals surface area contributed by atoms with Gasteiger partial charge in [0.15, 0.2) is 0 Å². The lowest BCUT2D eigenvalue weighted by Gasteiger charge is -2.14. The average Bonchev–Trinajstić information content (AvgIpc) is 2.64. The Labute approximate surface area is 154 Å². The first-order valence-corrected chi connectivity index (χ1v) is 9.44. The van der Waals surface area contributed by atoms with E-state index >= 15 is 0 Å². The van der Waals surface area contributed by atoms with Gasteiger partial charge in [0.1, 0.15) is 5.75 Å². The first-order valence-electron chi connectivity index (χ1n) is 8.46. The van der Waals surface area contributed by atoms with Gasteiger partial charge in [-0.3, -0.25) is 4.79 Å². The number of nitrogen functional groups attached to an aromatic ring is 1. The van der Waals surface area contributed by atoms with Crippen molar-refractivity contribution in [3.63, 3.8) is 0 Å². The van der Waals surface area contributed by atoms with Crippen molar-refractivity contribution in [3.8, 4) is 5.75 Å². The minimum atomic E-state index is 0.0670. The van der Waals surface area contributed by atoms with Crippen LogP contribution < -0.4 is 15.8 Å². The number of hydrogen-bond donors (Lipinski definition) is 2. The number of aryl methyl sites for hydroxylation is 1. The Bertz CT molecular complexity index is 691. The number of methoxy groups -OCH3 is 1. The molecule has 0 spiro atoms. The highest BCUT2D eigenvalue weighted by Gasteiger charge is 2.09. The van der Waals surface area contributed by atoms with Gasteiger partial charge in [0.05, 0.1) is 7.11 Å². The van der Waals surface area contributed by atoms with Crippen molar-refractivity contribution >= 4 is 23.4 Å². The van der Waals surface area contributed by atoms with Gasteiger partial charge < -0.3 is 15.8 Å². The molecule has 0 radical (unpaired) electrons. The second kappa shape index (κ2) is 9.99. The maximum absolute atomic E-state index is 12.0. The zero-order chi connectivity index (χ0) is 18.1. The SMILES string of the molecule is COc1ccccc1SCC(C)CNC(=O)CCc1ccccc1N. The van der Waals surface area contributed by atoms with Crippen molar-refractivity contribution < 1.29 is 9.53 Å². The van der Waals surface area contributed by atoms with Crippen molar-refractivity contribution in [1.29, 1.82) is 0 Å². The molecule has 2 rings (SSSR count). The smallest absolute Gasteiger partial charge is 0.220 e. The maximum Gasteiger partial charge on any atom is 0.220 e. The molecule has 0 aliphatic carbocycles. The van der Waals surface area contributed by atoms with E-state index < -0.39 is 0 Å². The first-order chi connectivity index (χ1) is 12.1. The van der Waals surface area contributed by atoms with Crippen LogP contribution in [0.4, 0.5) is 5.69 Å². The van der Waals surface area contributed by atoms with Crippen molar-refractivity contribution in [2.75, 3.05) is 25.1 Å². The van der Waals surface area contributed by atoms with Crippen LogP contribution in [-0.4, -0.2) is 25.3 Å². The van der Waals surface area contributed by atoms with Gasteiger partial charge in [-0.05, 0) is 36.1 Å². The minimum absolute atomic E-state index is 0.0670. The van der Waals surface area contributed by atoms with Crippen LogP contribution in [-0.2, 0) is 11.2 Å². The molecule has 5 heteroatoms. The number of hydrogen-bond acceptors (Lipinski definition) is 4. The van der Waals surface area contributed by atoms with Crippen LogP contribution in [0.1, 0.15) is 18.9 Å². The van der Waals surface area contributed by atoms with E-state index in [2.05, 4.69) is 18.3 Å². The molecule has 4 nitrogen and oxygen atoms in total. The molecule has 0 saturated heterocycles. The van der Waals surface area contributed by atoms with Crippen LogP contribution in [0.3, 0.4) is 0 Å². The highest BCUT2D eigenvalue weighted by atomic mass is 32.2. The molecular formula is C20H26N2O2S. The van der Waals surface area contributed by atoms with Crippen LogP contribution in [0.25, 0.3) is 0 Å². The first kappa shape index (κ1) is 19.2.